The van der Waals surface area contributed by atoms with E-state index in [4.69, 9.17) is 0 Å². The van der Waals surface area contributed by atoms with Gasteiger partial charge in [0.1, 0.15) is 6.04 Å². The lowest BCUT2D eigenvalue weighted by atomic mass is 9.84. The Morgan fingerprint density at radius 1 is 1.24 bits per heavy atom. The van der Waals surface area contributed by atoms with Gasteiger partial charge in [-0.2, -0.15) is 0 Å². The van der Waals surface area contributed by atoms with Crippen LogP contribution in [0.5, 0.6) is 0 Å². The van der Waals surface area contributed by atoms with Crippen molar-refractivity contribution in [2.45, 2.75) is 69.6 Å². The van der Waals surface area contributed by atoms with Gasteiger partial charge in [0.15, 0.2) is 0 Å². The lowest BCUT2D eigenvalue weighted by Crippen LogP contribution is -2.53. The van der Waals surface area contributed by atoms with E-state index in [0.717, 1.165) is 25.7 Å². The van der Waals surface area contributed by atoms with Crippen LogP contribution < -0.4 is 10.6 Å². The zero-order valence-corrected chi connectivity index (χ0v) is 14.6. The van der Waals surface area contributed by atoms with Crippen molar-refractivity contribution in [3.05, 3.63) is 34.9 Å². The summed E-state index contributed by atoms with van der Waals surface area (Å²) in [6, 6.07) is 5.47. The molecule has 1 aromatic rings. The summed E-state index contributed by atoms with van der Waals surface area (Å²) in [4.78, 5) is 24.7. The van der Waals surface area contributed by atoms with E-state index < -0.39 is 12.1 Å². The van der Waals surface area contributed by atoms with Gasteiger partial charge in [-0.25, -0.2) is 0 Å². The number of nitrogens with one attached hydrogen (secondary N) is 2. The number of hydrogen-bond donors (Lipinski definition) is 3. The number of aliphatic hydroxyl groups is 1. The van der Waals surface area contributed by atoms with Crippen LogP contribution in [-0.4, -0.2) is 29.1 Å². The molecular formula is C20H26N2O3. The molecule has 0 unspecified atom stereocenters. The first kappa shape index (κ1) is 16.6. The van der Waals surface area contributed by atoms with Crippen LogP contribution in [0.25, 0.3) is 0 Å². The predicted octanol–water partition coefficient (Wildman–Crippen LogP) is 1.94. The lowest BCUT2D eigenvalue weighted by Gasteiger charge is -2.23. The average Bonchev–Trinajstić information content (AvgIpc) is 3.38. The topological polar surface area (TPSA) is 78.4 Å². The Bertz CT molecular complexity index is 696. The van der Waals surface area contributed by atoms with E-state index in [-0.39, 0.29) is 23.8 Å². The molecule has 4 rings (SSSR count). The molecule has 0 radical (unpaired) electrons. The number of amides is 2. The molecule has 3 aliphatic carbocycles. The second-order valence-electron chi connectivity index (χ2n) is 7.81. The van der Waals surface area contributed by atoms with Crippen molar-refractivity contribution in [1.82, 2.24) is 10.6 Å². The molecule has 25 heavy (non-hydrogen) atoms. The highest BCUT2D eigenvalue weighted by Gasteiger charge is 2.38. The standard InChI is InChI=1S/C20H26N2O3/c1-11(23)18(22-19(24)13-8-9-13)20(25)21-16-10-14-6-2-4-12-5-3-7-15(16)17(12)14/h3,5,7,11,13-14,16,18,23H,2,4,6,8-10H2,1H3,(H,21,25)(H,22,24)/t11-,14+,16-,18-/m0/s1. The molecule has 0 heterocycles. The minimum atomic E-state index is -0.915. The molecule has 3 aliphatic rings. The number of benzene rings is 1. The van der Waals surface area contributed by atoms with Gasteiger partial charge < -0.3 is 15.7 Å². The van der Waals surface area contributed by atoms with Crippen molar-refractivity contribution >= 4 is 11.8 Å². The van der Waals surface area contributed by atoms with Crippen LogP contribution in [0, 0.1) is 5.92 Å². The molecule has 0 spiro atoms. The maximum atomic E-state index is 12.7. The van der Waals surface area contributed by atoms with E-state index in [9.17, 15) is 14.7 Å². The van der Waals surface area contributed by atoms with Crippen LogP contribution in [0.3, 0.4) is 0 Å². The van der Waals surface area contributed by atoms with Crippen molar-refractivity contribution in [3.63, 3.8) is 0 Å². The summed E-state index contributed by atoms with van der Waals surface area (Å²) in [7, 11) is 0. The summed E-state index contributed by atoms with van der Waals surface area (Å²) in [6.45, 7) is 1.55. The molecule has 1 saturated carbocycles. The Morgan fingerprint density at radius 2 is 2.04 bits per heavy atom. The molecule has 0 saturated heterocycles. The molecule has 1 aromatic carbocycles. The largest absolute Gasteiger partial charge is 0.391 e. The third-order valence-corrected chi connectivity index (χ3v) is 5.86. The van der Waals surface area contributed by atoms with E-state index in [1.165, 1.54) is 29.5 Å². The Labute approximate surface area is 148 Å². The van der Waals surface area contributed by atoms with Crippen molar-refractivity contribution < 1.29 is 14.7 Å². The Kier molecular flexibility index (Phi) is 4.28. The molecule has 5 nitrogen and oxygen atoms in total. The number of hydrogen-bond acceptors (Lipinski definition) is 3. The molecule has 2 amide bonds. The summed E-state index contributed by atoms with van der Waals surface area (Å²) in [5.41, 5.74) is 4.06. The van der Waals surface area contributed by atoms with Gasteiger partial charge in [0.2, 0.25) is 11.8 Å². The maximum Gasteiger partial charge on any atom is 0.245 e. The van der Waals surface area contributed by atoms with Gasteiger partial charge in [-0.05, 0) is 68.1 Å². The van der Waals surface area contributed by atoms with Gasteiger partial charge in [0, 0.05) is 5.92 Å². The van der Waals surface area contributed by atoms with Crippen LogP contribution in [-0.2, 0) is 16.0 Å². The maximum absolute atomic E-state index is 12.7. The van der Waals surface area contributed by atoms with E-state index >= 15 is 0 Å². The second-order valence-corrected chi connectivity index (χ2v) is 7.81. The fourth-order valence-electron chi connectivity index (χ4n) is 4.40. The summed E-state index contributed by atoms with van der Waals surface area (Å²) in [6.07, 6.45) is 5.25. The van der Waals surface area contributed by atoms with Crippen LogP contribution in [0.15, 0.2) is 18.2 Å². The van der Waals surface area contributed by atoms with E-state index in [1.54, 1.807) is 6.92 Å². The number of aliphatic hydroxyl groups excluding tert-OH is 1. The average molecular weight is 342 g/mol. The first-order valence-electron chi connectivity index (χ1n) is 9.45. The molecule has 134 valence electrons. The smallest absolute Gasteiger partial charge is 0.245 e. The molecular weight excluding hydrogens is 316 g/mol. The first-order valence-corrected chi connectivity index (χ1v) is 9.45. The van der Waals surface area contributed by atoms with E-state index in [1.807, 2.05) is 0 Å². The van der Waals surface area contributed by atoms with Gasteiger partial charge in [-0.15, -0.1) is 0 Å². The predicted molar refractivity (Wildman–Crippen MR) is 94.0 cm³/mol. The van der Waals surface area contributed by atoms with Gasteiger partial charge >= 0.3 is 0 Å². The lowest BCUT2D eigenvalue weighted by molar-refractivity contribution is -0.132. The molecule has 0 aromatic heterocycles. The van der Waals surface area contributed by atoms with Gasteiger partial charge in [0.05, 0.1) is 12.1 Å². The normalized spacial score (nSPS) is 26.5. The van der Waals surface area contributed by atoms with E-state index in [2.05, 4.69) is 28.8 Å². The number of carbonyl (C=O) groups is 2. The Balaban J connectivity index is 1.49. The molecule has 1 fully saturated rings. The number of carbonyl (C=O) groups excluding carboxylic acids is 2. The SMILES string of the molecule is C[C@H](O)[C@H](NC(=O)C1CC1)C(=O)N[C@H]1C[C@H]2CCCc3cccc1c32. The Morgan fingerprint density at radius 3 is 2.76 bits per heavy atom. The van der Waals surface area contributed by atoms with Crippen molar-refractivity contribution in [3.8, 4) is 0 Å². The fraction of sp³-hybridized carbons (Fsp3) is 0.600. The zero-order chi connectivity index (χ0) is 17.6. The molecule has 0 aliphatic heterocycles. The monoisotopic (exact) mass is 342 g/mol. The third kappa shape index (κ3) is 3.17. The minimum Gasteiger partial charge on any atom is -0.391 e. The first-order chi connectivity index (χ1) is 12.0. The van der Waals surface area contributed by atoms with Crippen molar-refractivity contribution in [1.29, 1.82) is 0 Å². The van der Waals surface area contributed by atoms with Crippen LogP contribution >= 0.6 is 0 Å². The fourth-order valence-corrected chi connectivity index (χ4v) is 4.40. The highest BCUT2D eigenvalue weighted by Crippen LogP contribution is 2.47. The Hall–Kier alpha value is -1.88. The third-order valence-electron chi connectivity index (χ3n) is 5.86. The van der Waals surface area contributed by atoms with Crippen LogP contribution in [0.4, 0.5) is 0 Å². The van der Waals surface area contributed by atoms with Gasteiger partial charge in [0.25, 0.3) is 0 Å². The highest BCUT2D eigenvalue weighted by atomic mass is 16.3. The van der Waals surface area contributed by atoms with Crippen molar-refractivity contribution in [2.75, 3.05) is 0 Å². The number of aryl methyl sites for hydroxylation is 1. The van der Waals surface area contributed by atoms with Gasteiger partial charge in [-0.3, -0.25) is 9.59 Å². The second kappa shape index (κ2) is 6.45. The molecule has 0 bridgehead atoms. The van der Waals surface area contributed by atoms with Crippen molar-refractivity contribution in [2.24, 2.45) is 5.92 Å². The summed E-state index contributed by atoms with van der Waals surface area (Å²) < 4.78 is 0. The molecule has 4 atom stereocenters. The zero-order valence-electron chi connectivity index (χ0n) is 14.6. The van der Waals surface area contributed by atoms with Crippen LogP contribution in [0.1, 0.15) is 67.7 Å². The summed E-state index contributed by atoms with van der Waals surface area (Å²) in [5, 5.41) is 15.8. The minimum absolute atomic E-state index is 0.0160. The molecule has 5 heteroatoms. The quantitative estimate of drug-likeness (QED) is 0.765. The van der Waals surface area contributed by atoms with Gasteiger partial charge in [-0.1, -0.05) is 18.2 Å². The number of rotatable bonds is 5. The molecule has 3 N–H and O–H groups in total. The van der Waals surface area contributed by atoms with E-state index in [0.29, 0.717) is 5.92 Å². The summed E-state index contributed by atoms with van der Waals surface area (Å²) in [5.74, 6) is 0.134. The highest BCUT2D eigenvalue weighted by molar-refractivity contribution is 5.90. The van der Waals surface area contributed by atoms with Crippen LogP contribution in [0.2, 0.25) is 0 Å². The summed E-state index contributed by atoms with van der Waals surface area (Å²) >= 11 is 0.